The Balaban J connectivity index is 1.65. The summed E-state index contributed by atoms with van der Waals surface area (Å²) in [5.74, 6) is 0.625. The molecule has 0 aliphatic carbocycles. The van der Waals surface area contributed by atoms with E-state index in [9.17, 15) is 4.79 Å². The summed E-state index contributed by atoms with van der Waals surface area (Å²) in [6.07, 6.45) is 2.37. The van der Waals surface area contributed by atoms with Crippen LogP contribution in [0.3, 0.4) is 0 Å². The van der Waals surface area contributed by atoms with Crippen molar-refractivity contribution in [3.8, 4) is 0 Å². The van der Waals surface area contributed by atoms with Crippen molar-refractivity contribution in [3.63, 3.8) is 0 Å². The van der Waals surface area contributed by atoms with E-state index in [-0.39, 0.29) is 11.9 Å². The van der Waals surface area contributed by atoms with Crippen molar-refractivity contribution in [1.82, 2.24) is 0 Å². The van der Waals surface area contributed by atoms with Gasteiger partial charge in [-0.2, -0.15) is 0 Å². The summed E-state index contributed by atoms with van der Waals surface area (Å²) in [7, 11) is 0. The highest BCUT2D eigenvalue weighted by Gasteiger charge is 2.37. The molecular formula is C20H27N2OS+. The summed E-state index contributed by atoms with van der Waals surface area (Å²) in [4.78, 5) is 15.5. The first-order chi connectivity index (χ1) is 11.6. The molecule has 1 amide bonds. The molecule has 1 aromatic heterocycles. The van der Waals surface area contributed by atoms with E-state index in [2.05, 4.69) is 55.7 Å². The molecule has 2 N–H and O–H groups in total. The van der Waals surface area contributed by atoms with E-state index < -0.39 is 0 Å². The molecule has 24 heavy (non-hydrogen) atoms. The average Bonchev–Trinajstić information content (AvgIpc) is 3.25. The van der Waals surface area contributed by atoms with Crippen molar-refractivity contribution in [2.45, 2.75) is 51.6 Å². The number of rotatable bonds is 5. The molecule has 0 radical (unpaired) electrons. The van der Waals surface area contributed by atoms with Crippen LogP contribution in [0.4, 0.5) is 5.69 Å². The first kappa shape index (κ1) is 17.2. The number of quaternary nitrogens is 1. The molecule has 1 aromatic carbocycles. The topological polar surface area (TPSA) is 33.5 Å². The van der Waals surface area contributed by atoms with Crippen molar-refractivity contribution < 1.29 is 9.69 Å². The first-order valence-corrected chi connectivity index (χ1v) is 9.74. The number of nitrogens with one attached hydrogen (secondary N) is 2. The van der Waals surface area contributed by atoms with E-state index in [1.54, 1.807) is 0 Å². The van der Waals surface area contributed by atoms with E-state index >= 15 is 0 Å². The maximum Gasteiger partial charge on any atom is 0.282 e. The number of amides is 1. The van der Waals surface area contributed by atoms with Crippen LogP contribution in [0.1, 0.15) is 56.0 Å². The van der Waals surface area contributed by atoms with Gasteiger partial charge in [-0.15, -0.1) is 11.3 Å². The number of carbonyl (C=O) groups excluding carboxylic acids is 1. The van der Waals surface area contributed by atoms with Gasteiger partial charge in [-0.05, 0) is 42.0 Å². The lowest BCUT2D eigenvalue weighted by Crippen LogP contribution is -3.15. The Morgan fingerprint density at radius 1 is 1.21 bits per heavy atom. The summed E-state index contributed by atoms with van der Waals surface area (Å²) in [5.41, 5.74) is 2.19. The van der Waals surface area contributed by atoms with Crippen LogP contribution in [0.5, 0.6) is 0 Å². The Kier molecular flexibility index (Phi) is 5.36. The number of likely N-dealkylation sites (tertiary alicyclic amines) is 1. The number of benzene rings is 1. The molecule has 2 aromatic rings. The van der Waals surface area contributed by atoms with Gasteiger partial charge >= 0.3 is 0 Å². The SMILES string of the molecule is CC(C)c1ccc(NC(=O)[C@@H](C)[NH+]2CCC[C@@H]2c2cccs2)cc1. The molecule has 3 nitrogen and oxygen atoms in total. The number of thiophene rings is 1. The van der Waals surface area contributed by atoms with Crippen molar-refractivity contribution in [2.24, 2.45) is 0 Å². The van der Waals surface area contributed by atoms with Gasteiger partial charge in [-0.3, -0.25) is 4.79 Å². The van der Waals surface area contributed by atoms with E-state index in [0.29, 0.717) is 12.0 Å². The minimum Gasteiger partial charge on any atom is -0.321 e. The van der Waals surface area contributed by atoms with E-state index in [1.807, 2.05) is 23.5 Å². The Labute approximate surface area is 148 Å². The highest BCUT2D eigenvalue weighted by atomic mass is 32.1. The largest absolute Gasteiger partial charge is 0.321 e. The zero-order valence-corrected chi connectivity index (χ0v) is 15.5. The molecule has 3 atom stereocenters. The lowest BCUT2D eigenvalue weighted by Gasteiger charge is -2.26. The van der Waals surface area contributed by atoms with Gasteiger partial charge < -0.3 is 10.2 Å². The standard InChI is InChI=1S/C20H26N2OS/c1-14(2)16-8-10-17(11-9-16)21-20(23)15(3)22-12-4-6-18(22)19-7-5-13-24-19/h5,7-11,13-15,18H,4,6,12H2,1-3H3,(H,21,23)/p+1/t15-,18-/m1/s1. The van der Waals surface area contributed by atoms with Crippen LogP contribution in [0, 0.1) is 0 Å². The Morgan fingerprint density at radius 2 is 1.96 bits per heavy atom. The van der Waals surface area contributed by atoms with E-state index in [4.69, 9.17) is 0 Å². The third kappa shape index (κ3) is 3.70. The van der Waals surface area contributed by atoms with Gasteiger partial charge in [0.05, 0.1) is 11.4 Å². The maximum absolute atomic E-state index is 12.7. The van der Waals surface area contributed by atoms with Crippen LogP contribution in [-0.2, 0) is 4.79 Å². The fourth-order valence-electron chi connectivity index (χ4n) is 3.57. The molecule has 1 unspecified atom stereocenters. The highest BCUT2D eigenvalue weighted by molar-refractivity contribution is 7.10. The summed E-state index contributed by atoms with van der Waals surface area (Å²) < 4.78 is 0. The number of anilines is 1. The molecule has 1 saturated heterocycles. The van der Waals surface area contributed by atoms with Crippen LogP contribution >= 0.6 is 11.3 Å². The lowest BCUT2D eigenvalue weighted by atomic mass is 10.0. The third-order valence-electron chi connectivity index (χ3n) is 5.09. The fraction of sp³-hybridized carbons (Fsp3) is 0.450. The fourth-order valence-corrected chi connectivity index (χ4v) is 4.48. The normalized spacial score (nSPS) is 21.8. The van der Waals surface area contributed by atoms with Crippen molar-refractivity contribution in [2.75, 3.05) is 11.9 Å². The second-order valence-electron chi connectivity index (χ2n) is 7.02. The van der Waals surface area contributed by atoms with E-state index in [1.165, 1.54) is 28.2 Å². The smallest absolute Gasteiger partial charge is 0.282 e. The number of carbonyl (C=O) groups is 1. The summed E-state index contributed by atoms with van der Waals surface area (Å²) in [6, 6.07) is 13.0. The minimum absolute atomic E-state index is 0.0376. The molecule has 128 valence electrons. The Morgan fingerprint density at radius 3 is 2.58 bits per heavy atom. The summed E-state index contributed by atoms with van der Waals surface area (Å²) >= 11 is 1.81. The first-order valence-electron chi connectivity index (χ1n) is 8.86. The maximum atomic E-state index is 12.7. The zero-order valence-electron chi connectivity index (χ0n) is 14.7. The predicted molar refractivity (Wildman–Crippen MR) is 101 cm³/mol. The van der Waals surface area contributed by atoms with Gasteiger partial charge in [0.15, 0.2) is 6.04 Å². The predicted octanol–water partition coefficient (Wildman–Crippen LogP) is 3.62. The quantitative estimate of drug-likeness (QED) is 0.854. The zero-order chi connectivity index (χ0) is 17.1. The van der Waals surface area contributed by atoms with Crippen LogP contribution in [-0.4, -0.2) is 18.5 Å². The van der Waals surface area contributed by atoms with Crippen molar-refractivity contribution >= 4 is 22.9 Å². The van der Waals surface area contributed by atoms with Gasteiger partial charge in [0.25, 0.3) is 5.91 Å². The van der Waals surface area contributed by atoms with Crippen LogP contribution < -0.4 is 10.2 Å². The molecule has 0 saturated carbocycles. The molecule has 1 fully saturated rings. The third-order valence-corrected chi connectivity index (χ3v) is 6.07. The molecule has 1 aliphatic heterocycles. The van der Waals surface area contributed by atoms with Crippen LogP contribution in [0.25, 0.3) is 0 Å². The molecule has 0 spiro atoms. The highest BCUT2D eigenvalue weighted by Crippen LogP contribution is 2.24. The Bertz CT molecular complexity index is 663. The van der Waals surface area contributed by atoms with Gasteiger partial charge in [0.2, 0.25) is 0 Å². The number of hydrogen-bond acceptors (Lipinski definition) is 2. The van der Waals surface area contributed by atoms with E-state index in [0.717, 1.165) is 12.2 Å². The second kappa shape index (κ2) is 7.49. The van der Waals surface area contributed by atoms with Gasteiger partial charge in [-0.25, -0.2) is 0 Å². The van der Waals surface area contributed by atoms with Gasteiger partial charge in [0, 0.05) is 18.5 Å². The minimum atomic E-state index is -0.0376. The number of hydrogen-bond donors (Lipinski definition) is 2. The summed E-state index contributed by atoms with van der Waals surface area (Å²) in [5, 5.41) is 5.23. The average molecular weight is 344 g/mol. The van der Waals surface area contributed by atoms with Gasteiger partial charge in [0.1, 0.15) is 6.04 Å². The molecular weight excluding hydrogens is 316 g/mol. The molecule has 1 aliphatic rings. The van der Waals surface area contributed by atoms with Crippen LogP contribution in [0.2, 0.25) is 0 Å². The summed E-state index contributed by atoms with van der Waals surface area (Å²) in [6.45, 7) is 7.48. The monoisotopic (exact) mass is 343 g/mol. The van der Waals surface area contributed by atoms with Gasteiger partial charge in [-0.1, -0.05) is 32.0 Å². The Hall–Kier alpha value is -1.65. The molecule has 0 bridgehead atoms. The van der Waals surface area contributed by atoms with Crippen LogP contribution in [0.15, 0.2) is 41.8 Å². The molecule has 2 heterocycles. The molecule has 4 heteroatoms. The second-order valence-corrected chi connectivity index (χ2v) is 8.00. The lowest BCUT2D eigenvalue weighted by molar-refractivity contribution is -0.931. The van der Waals surface area contributed by atoms with Crippen molar-refractivity contribution in [1.29, 1.82) is 0 Å². The molecule has 3 rings (SSSR count). The van der Waals surface area contributed by atoms with Crippen molar-refractivity contribution in [3.05, 3.63) is 52.2 Å².